The Hall–Kier alpha value is 0.180. The smallest absolute Gasteiger partial charge is 0.0349 e. The monoisotopic (exact) mass is 261 g/mol. The third-order valence-corrected chi connectivity index (χ3v) is 3.43. The normalized spacial score (nSPS) is 9.90. The Labute approximate surface area is 77.9 Å². The SMILES string of the molecule is CCc1c[c]cc(Br)c1Br. The number of hydrogen-bond donors (Lipinski definition) is 0. The van der Waals surface area contributed by atoms with Crippen LogP contribution in [0, 0.1) is 6.07 Å². The first kappa shape index (κ1) is 8.28. The van der Waals surface area contributed by atoms with E-state index in [0.29, 0.717) is 0 Å². The van der Waals surface area contributed by atoms with Crippen molar-refractivity contribution in [3.05, 3.63) is 32.7 Å². The molecule has 0 nitrogen and oxygen atoms in total. The quantitative estimate of drug-likeness (QED) is 0.726. The molecule has 1 aromatic rings. The van der Waals surface area contributed by atoms with Crippen LogP contribution in [0.3, 0.4) is 0 Å². The zero-order chi connectivity index (χ0) is 7.56. The van der Waals surface area contributed by atoms with Crippen molar-refractivity contribution >= 4 is 31.9 Å². The van der Waals surface area contributed by atoms with E-state index in [2.05, 4.69) is 44.8 Å². The van der Waals surface area contributed by atoms with Gasteiger partial charge in [0, 0.05) is 8.95 Å². The summed E-state index contributed by atoms with van der Waals surface area (Å²) in [5.41, 5.74) is 1.29. The molecule has 1 aromatic carbocycles. The molecule has 2 heteroatoms. The molecular formula is C8H7Br2. The van der Waals surface area contributed by atoms with Gasteiger partial charge in [0.15, 0.2) is 0 Å². The lowest BCUT2D eigenvalue weighted by Gasteiger charge is -2.00. The van der Waals surface area contributed by atoms with Gasteiger partial charge in [0.2, 0.25) is 0 Å². The molecule has 0 heterocycles. The Kier molecular flexibility index (Phi) is 2.93. The number of benzene rings is 1. The highest BCUT2D eigenvalue weighted by Crippen LogP contribution is 2.26. The molecule has 10 heavy (non-hydrogen) atoms. The largest absolute Gasteiger partial charge is 0.0613 e. The molecule has 0 aromatic heterocycles. The maximum Gasteiger partial charge on any atom is 0.0349 e. The van der Waals surface area contributed by atoms with E-state index in [-0.39, 0.29) is 0 Å². The second-order valence-electron chi connectivity index (χ2n) is 2.00. The van der Waals surface area contributed by atoms with Crippen LogP contribution in [0.1, 0.15) is 12.5 Å². The first-order valence-electron chi connectivity index (χ1n) is 3.09. The minimum Gasteiger partial charge on any atom is -0.0613 e. The second kappa shape index (κ2) is 3.54. The number of aryl methyl sites for hydroxylation is 1. The number of hydrogen-bond acceptors (Lipinski definition) is 0. The molecule has 53 valence electrons. The molecule has 0 amide bonds. The van der Waals surface area contributed by atoms with Gasteiger partial charge in [-0.3, -0.25) is 0 Å². The van der Waals surface area contributed by atoms with Gasteiger partial charge in [0.05, 0.1) is 0 Å². The van der Waals surface area contributed by atoms with Crippen molar-refractivity contribution in [3.8, 4) is 0 Å². The lowest BCUT2D eigenvalue weighted by molar-refractivity contribution is 1.12. The van der Waals surface area contributed by atoms with Crippen LogP contribution in [0.5, 0.6) is 0 Å². The summed E-state index contributed by atoms with van der Waals surface area (Å²) in [6, 6.07) is 6.95. The first-order valence-corrected chi connectivity index (χ1v) is 4.68. The van der Waals surface area contributed by atoms with Crippen molar-refractivity contribution in [3.63, 3.8) is 0 Å². The van der Waals surface area contributed by atoms with Gasteiger partial charge in [0.25, 0.3) is 0 Å². The van der Waals surface area contributed by atoms with Gasteiger partial charge in [-0.1, -0.05) is 6.92 Å². The van der Waals surface area contributed by atoms with Gasteiger partial charge in [-0.2, -0.15) is 0 Å². The predicted molar refractivity (Wildman–Crippen MR) is 50.1 cm³/mol. The maximum atomic E-state index is 3.47. The van der Waals surface area contributed by atoms with Crippen LogP contribution in [0.4, 0.5) is 0 Å². The molecular weight excluding hydrogens is 256 g/mol. The minimum atomic E-state index is 1.04. The van der Waals surface area contributed by atoms with Crippen LogP contribution in [-0.2, 0) is 6.42 Å². The molecule has 0 spiro atoms. The van der Waals surface area contributed by atoms with Crippen LogP contribution in [0.15, 0.2) is 21.1 Å². The third-order valence-electron chi connectivity index (χ3n) is 1.34. The fraction of sp³-hybridized carbons (Fsp3) is 0.250. The van der Waals surface area contributed by atoms with E-state index in [0.717, 1.165) is 15.4 Å². The van der Waals surface area contributed by atoms with E-state index in [1.165, 1.54) is 5.56 Å². The van der Waals surface area contributed by atoms with Gasteiger partial charge < -0.3 is 0 Å². The highest BCUT2D eigenvalue weighted by molar-refractivity contribution is 9.13. The van der Waals surface area contributed by atoms with Crippen molar-refractivity contribution in [2.75, 3.05) is 0 Å². The lowest BCUT2D eigenvalue weighted by Crippen LogP contribution is -1.81. The zero-order valence-corrected chi connectivity index (χ0v) is 8.79. The van der Waals surface area contributed by atoms with Gasteiger partial charge in [-0.25, -0.2) is 0 Å². The summed E-state index contributed by atoms with van der Waals surface area (Å²) in [7, 11) is 0. The summed E-state index contributed by atoms with van der Waals surface area (Å²) in [5, 5.41) is 0. The lowest BCUT2D eigenvalue weighted by atomic mass is 10.2. The summed E-state index contributed by atoms with van der Waals surface area (Å²) in [6.07, 6.45) is 1.04. The standard InChI is InChI=1S/C8H7Br2/c1-2-6-4-3-5-7(9)8(6)10/h4-5H,2H2,1H3. The summed E-state index contributed by atoms with van der Waals surface area (Å²) < 4.78 is 2.22. The maximum absolute atomic E-state index is 3.47. The molecule has 0 aliphatic heterocycles. The molecule has 0 saturated carbocycles. The molecule has 1 radical (unpaired) electrons. The number of rotatable bonds is 1. The Bertz CT molecular complexity index is 231. The van der Waals surface area contributed by atoms with Crippen LogP contribution in [0.25, 0.3) is 0 Å². The van der Waals surface area contributed by atoms with Gasteiger partial charge >= 0.3 is 0 Å². The Balaban J connectivity index is 3.14. The highest BCUT2D eigenvalue weighted by Gasteiger charge is 1.99. The summed E-state index contributed by atoms with van der Waals surface area (Å²) in [6.45, 7) is 2.13. The van der Waals surface area contributed by atoms with E-state index in [4.69, 9.17) is 0 Å². The molecule has 1 rings (SSSR count). The van der Waals surface area contributed by atoms with Gasteiger partial charge in [-0.15, -0.1) is 0 Å². The topological polar surface area (TPSA) is 0 Å². The molecule has 0 aliphatic carbocycles. The molecule has 0 atom stereocenters. The minimum absolute atomic E-state index is 1.04. The van der Waals surface area contributed by atoms with Crippen molar-refractivity contribution in [2.45, 2.75) is 13.3 Å². The van der Waals surface area contributed by atoms with Crippen molar-refractivity contribution in [1.29, 1.82) is 0 Å². The van der Waals surface area contributed by atoms with E-state index in [1.54, 1.807) is 0 Å². The third kappa shape index (κ3) is 1.61. The van der Waals surface area contributed by atoms with Gasteiger partial charge in [-0.05, 0) is 62.0 Å². The van der Waals surface area contributed by atoms with Crippen LogP contribution >= 0.6 is 31.9 Å². The zero-order valence-electron chi connectivity index (χ0n) is 5.62. The van der Waals surface area contributed by atoms with Crippen molar-refractivity contribution < 1.29 is 0 Å². The van der Waals surface area contributed by atoms with Crippen molar-refractivity contribution in [2.24, 2.45) is 0 Å². The van der Waals surface area contributed by atoms with Crippen molar-refractivity contribution in [1.82, 2.24) is 0 Å². The van der Waals surface area contributed by atoms with E-state index >= 15 is 0 Å². The Morgan fingerprint density at radius 3 is 2.60 bits per heavy atom. The molecule has 0 fully saturated rings. The molecule has 0 N–H and O–H groups in total. The second-order valence-corrected chi connectivity index (χ2v) is 3.64. The summed E-state index contributed by atoms with van der Waals surface area (Å²) in [4.78, 5) is 0. The van der Waals surface area contributed by atoms with E-state index in [9.17, 15) is 0 Å². The van der Waals surface area contributed by atoms with Crippen LogP contribution in [-0.4, -0.2) is 0 Å². The summed E-state index contributed by atoms with van der Waals surface area (Å²) in [5.74, 6) is 0. The average Bonchev–Trinajstić information content (AvgIpc) is 1.95. The fourth-order valence-corrected chi connectivity index (χ4v) is 1.65. The van der Waals surface area contributed by atoms with E-state index < -0.39 is 0 Å². The molecule has 0 bridgehead atoms. The Morgan fingerprint density at radius 1 is 1.40 bits per heavy atom. The fourth-order valence-electron chi connectivity index (χ4n) is 0.753. The molecule has 0 aliphatic rings. The Morgan fingerprint density at radius 2 is 2.10 bits per heavy atom. The molecule has 0 saturated heterocycles. The average molecular weight is 263 g/mol. The van der Waals surface area contributed by atoms with Crippen LogP contribution < -0.4 is 0 Å². The summed E-state index contributed by atoms with van der Waals surface area (Å²) >= 11 is 6.88. The molecule has 0 unspecified atom stereocenters. The first-order chi connectivity index (χ1) is 4.75. The van der Waals surface area contributed by atoms with Crippen LogP contribution in [0.2, 0.25) is 0 Å². The predicted octanol–water partition coefficient (Wildman–Crippen LogP) is 3.57. The van der Waals surface area contributed by atoms with E-state index in [1.807, 2.05) is 12.1 Å². The highest BCUT2D eigenvalue weighted by atomic mass is 79.9. The number of halogens is 2. The van der Waals surface area contributed by atoms with Gasteiger partial charge in [0.1, 0.15) is 0 Å².